The van der Waals surface area contributed by atoms with E-state index in [0.717, 1.165) is 11.3 Å². The van der Waals surface area contributed by atoms with Crippen molar-refractivity contribution in [3.05, 3.63) is 78.4 Å². The van der Waals surface area contributed by atoms with Gasteiger partial charge in [0.25, 0.3) is 0 Å². The zero-order valence-corrected chi connectivity index (χ0v) is 13.8. The molecule has 0 aliphatic heterocycles. The summed E-state index contributed by atoms with van der Waals surface area (Å²) in [4.78, 5) is 16.5. The number of hydrogen-bond donors (Lipinski definition) is 1. The lowest BCUT2D eigenvalue weighted by Crippen LogP contribution is -2.23. The summed E-state index contributed by atoms with van der Waals surface area (Å²) in [6.45, 7) is 0. The Bertz CT molecular complexity index is 978. The molecule has 1 amide bonds. The van der Waals surface area contributed by atoms with Crippen molar-refractivity contribution in [2.24, 2.45) is 5.92 Å². The molecule has 0 saturated heterocycles. The minimum absolute atomic E-state index is 0.287. The van der Waals surface area contributed by atoms with Gasteiger partial charge in [0.15, 0.2) is 0 Å². The molecular weight excluding hydrogens is 326 g/mol. The van der Waals surface area contributed by atoms with Gasteiger partial charge in [0.2, 0.25) is 5.91 Å². The van der Waals surface area contributed by atoms with Crippen molar-refractivity contribution in [3.8, 4) is 17.8 Å². The van der Waals surface area contributed by atoms with Crippen molar-refractivity contribution in [2.45, 2.75) is 6.42 Å². The van der Waals surface area contributed by atoms with Crippen molar-refractivity contribution < 1.29 is 4.79 Å². The number of nitrogens with zero attached hydrogens (tertiary/aromatic N) is 4. The van der Waals surface area contributed by atoms with E-state index in [1.807, 2.05) is 41.1 Å². The van der Waals surface area contributed by atoms with Crippen LogP contribution in [-0.4, -0.2) is 15.5 Å². The molecule has 26 heavy (non-hydrogen) atoms. The van der Waals surface area contributed by atoms with Crippen LogP contribution < -0.4 is 5.32 Å². The van der Waals surface area contributed by atoms with Crippen LogP contribution in [0.5, 0.6) is 0 Å². The maximum absolute atomic E-state index is 12.5. The van der Waals surface area contributed by atoms with Crippen molar-refractivity contribution >= 4 is 11.6 Å². The Morgan fingerprint density at radius 1 is 1.19 bits per heavy atom. The molecule has 0 unspecified atom stereocenters. The summed E-state index contributed by atoms with van der Waals surface area (Å²) < 4.78 is 1.83. The number of nitrogens with one attached hydrogen (secondary N) is 1. The minimum Gasteiger partial charge on any atom is -0.325 e. The molecule has 3 rings (SSSR count). The lowest BCUT2D eigenvalue weighted by Gasteiger charge is -2.12. The molecule has 1 heterocycles. The highest BCUT2D eigenvalue weighted by atomic mass is 16.1. The average Bonchev–Trinajstić information content (AvgIpc) is 3.21. The Balaban J connectivity index is 1.70. The Labute approximate surface area is 151 Å². The molecule has 3 aromatic rings. The number of amides is 1. The first-order valence-corrected chi connectivity index (χ1v) is 7.97. The second-order valence-corrected chi connectivity index (χ2v) is 5.70. The number of rotatable bonds is 5. The summed E-state index contributed by atoms with van der Waals surface area (Å²) in [6, 6.07) is 18.3. The van der Waals surface area contributed by atoms with Crippen LogP contribution in [0.4, 0.5) is 5.69 Å². The fraction of sp³-hybridized carbons (Fsp3) is 0.100. The van der Waals surface area contributed by atoms with Gasteiger partial charge in [-0.3, -0.25) is 4.79 Å². The Morgan fingerprint density at radius 3 is 2.65 bits per heavy atom. The zero-order chi connectivity index (χ0) is 18.4. The molecule has 2 aromatic carbocycles. The molecule has 0 saturated carbocycles. The second-order valence-electron chi connectivity index (χ2n) is 5.70. The summed E-state index contributed by atoms with van der Waals surface area (Å²) in [6.07, 6.45) is 5.44. The molecule has 0 bridgehead atoms. The van der Waals surface area contributed by atoms with E-state index >= 15 is 0 Å². The molecule has 0 radical (unpaired) electrons. The van der Waals surface area contributed by atoms with Gasteiger partial charge in [-0.25, -0.2) is 4.98 Å². The molecule has 0 aliphatic carbocycles. The van der Waals surface area contributed by atoms with Crippen LogP contribution in [-0.2, 0) is 11.2 Å². The fourth-order valence-corrected chi connectivity index (χ4v) is 2.53. The first-order chi connectivity index (χ1) is 12.7. The van der Waals surface area contributed by atoms with Gasteiger partial charge in [0, 0.05) is 23.8 Å². The van der Waals surface area contributed by atoms with E-state index in [9.17, 15) is 10.1 Å². The quantitative estimate of drug-likeness (QED) is 0.771. The Hall–Kier alpha value is -3.90. The zero-order valence-electron chi connectivity index (χ0n) is 13.8. The summed E-state index contributed by atoms with van der Waals surface area (Å²) >= 11 is 0. The number of benzene rings is 2. The van der Waals surface area contributed by atoms with Gasteiger partial charge < -0.3 is 9.88 Å². The lowest BCUT2D eigenvalue weighted by molar-refractivity contribution is -0.118. The number of anilines is 1. The number of aromatic nitrogens is 2. The van der Waals surface area contributed by atoms with E-state index in [1.54, 1.807) is 42.9 Å². The normalized spacial score (nSPS) is 11.2. The van der Waals surface area contributed by atoms with Crippen LogP contribution in [0.1, 0.15) is 11.1 Å². The molecule has 126 valence electrons. The third-order valence-electron chi connectivity index (χ3n) is 3.91. The largest absolute Gasteiger partial charge is 0.325 e. The SMILES string of the molecule is N#Cc1ccc(C[C@H](C#N)C(=O)Nc2cccc(-n3ccnc3)c2)cc1. The monoisotopic (exact) mass is 341 g/mol. The van der Waals surface area contributed by atoms with Crippen LogP contribution in [0.2, 0.25) is 0 Å². The lowest BCUT2D eigenvalue weighted by atomic mass is 9.99. The van der Waals surface area contributed by atoms with Crippen LogP contribution in [0.25, 0.3) is 5.69 Å². The molecule has 1 aromatic heterocycles. The maximum Gasteiger partial charge on any atom is 0.242 e. The second kappa shape index (κ2) is 7.78. The standard InChI is InChI=1S/C20H15N5O/c21-12-16-6-4-15(5-7-16)10-17(13-22)20(26)24-18-2-1-3-19(11-18)25-9-8-23-14-25/h1-9,11,14,17H,10H2,(H,24,26)/t17-/m1/s1. The van der Waals surface area contributed by atoms with Gasteiger partial charge >= 0.3 is 0 Å². The van der Waals surface area contributed by atoms with E-state index < -0.39 is 5.92 Å². The fourth-order valence-electron chi connectivity index (χ4n) is 2.53. The van der Waals surface area contributed by atoms with Crippen molar-refractivity contribution in [1.82, 2.24) is 9.55 Å². The van der Waals surface area contributed by atoms with Gasteiger partial charge in [0.05, 0.1) is 24.0 Å². The third-order valence-corrected chi connectivity index (χ3v) is 3.91. The molecular formula is C20H15N5O. The van der Waals surface area contributed by atoms with E-state index in [0.29, 0.717) is 11.3 Å². The highest BCUT2D eigenvalue weighted by molar-refractivity contribution is 5.94. The first-order valence-electron chi connectivity index (χ1n) is 7.97. The molecule has 6 heteroatoms. The predicted octanol–water partition coefficient (Wildman–Crippen LogP) is 3.06. The summed E-state index contributed by atoms with van der Waals surface area (Å²) in [5.41, 5.74) is 2.85. The molecule has 1 N–H and O–H groups in total. The number of carbonyl (C=O) groups excluding carboxylic acids is 1. The first kappa shape index (κ1) is 16.9. The van der Waals surface area contributed by atoms with Gasteiger partial charge in [-0.15, -0.1) is 0 Å². The Morgan fingerprint density at radius 2 is 2.00 bits per heavy atom. The number of hydrogen-bond acceptors (Lipinski definition) is 4. The number of carbonyl (C=O) groups is 1. The topological polar surface area (TPSA) is 94.5 Å². The molecule has 1 atom stereocenters. The number of nitriles is 2. The van der Waals surface area contributed by atoms with E-state index in [2.05, 4.69) is 10.3 Å². The van der Waals surface area contributed by atoms with Crippen molar-refractivity contribution in [2.75, 3.05) is 5.32 Å². The minimum atomic E-state index is -0.820. The average molecular weight is 341 g/mol. The Kier molecular flexibility index (Phi) is 5.07. The van der Waals surface area contributed by atoms with Crippen molar-refractivity contribution in [1.29, 1.82) is 10.5 Å². The highest BCUT2D eigenvalue weighted by Gasteiger charge is 2.18. The van der Waals surface area contributed by atoms with Crippen LogP contribution in [0.15, 0.2) is 67.3 Å². The van der Waals surface area contributed by atoms with Gasteiger partial charge in [-0.2, -0.15) is 10.5 Å². The van der Waals surface area contributed by atoms with Crippen LogP contribution in [0, 0.1) is 28.6 Å². The van der Waals surface area contributed by atoms with Gasteiger partial charge in [-0.05, 0) is 42.3 Å². The smallest absolute Gasteiger partial charge is 0.242 e. The van der Waals surface area contributed by atoms with E-state index in [4.69, 9.17) is 5.26 Å². The van der Waals surface area contributed by atoms with Crippen molar-refractivity contribution in [3.63, 3.8) is 0 Å². The molecule has 0 fully saturated rings. The summed E-state index contributed by atoms with van der Waals surface area (Å²) in [5.74, 6) is -1.18. The van der Waals surface area contributed by atoms with E-state index in [1.165, 1.54) is 0 Å². The van der Waals surface area contributed by atoms with Crippen LogP contribution >= 0.6 is 0 Å². The van der Waals surface area contributed by atoms with E-state index in [-0.39, 0.29) is 12.3 Å². The summed E-state index contributed by atoms with van der Waals surface area (Å²) in [5, 5.41) is 21.0. The third kappa shape index (κ3) is 3.95. The molecule has 0 aliphatic rings. The maximum atomic E-state index is 12.5. The number of imidazole rings is 1. The van der Waals surface area contributed by atoms with Gasteiger partial charge in [-0.1, -0.05) is 18.2 Å². The van der Waals surface area contributed by atoms with Gasteiger partial charge in [0.1, 0.15) is 5.92 Å². The van der Waals surface area contributed by atoms with Crippen LogP contribution in [0.3, 0.4) is 0 Å². The summed E-state index contributed by atoms with van der Waals surface area (Å²) in [7, 11) is 0. The highest BCUT2D eigenvalue weighted by Crippen LogP contribution is 2.17. The predicted molar refractivity (Wildman–Crippen MR) is 96.2 cm³/mol. The molecule has 0 spiro atoms. The molecule has 6 nitrogen and oxygen atoms in total.